The molecular weight excluding hydrogens is 283 g/mol. The average Bonchev–Trinajstić information content (AvgIpc) is 2.81. The van der Waals surface area contributed by atoms with Gasteiger partial charge in [-0.1, -0.05) is 41.4 Å². The fraction of sp³-hybridized carbons (Fsp3) is 0. The Morgan fingerprint density at radius 3 is 2.53 bits per heavy atom. The van der Waals surface area contributed by atoms with Crippen molar-refractivity contribution in [3.8, 4) is 0 Å². The number of carbonyl (C=O) groups is 1. The second-order valence-corrected chi connectivity index (χ2v) is 4.95. The highest BCUT2D eigenvalue weighted by atomic mass is 35.5. The van der Waals surface area contributed by atoms with Gasteiger partial charge in [0.1, 0.15) is 5.58 Å². The van der Waals surface area contributed by atoms with E-state index in [0.717, 1.165) is 5.39 Å². The van der Waals surface area contributed by atoms with Gasteiger partial charge in [0.15, 0.2) is 5.76 Å². The van der Waals surface area contributed by atoms with Crippen molar-refractivity contribution in [2.45, 2.75) is 0 Å². The summed E-state index contributed by atoms with van der Waals surface area (Å²) in [5.74, 6) is 0.0169. The first-order chi connectivity index (χ1) is 9.15. The number of rotatable bonds is 2. The number of hydrogen-bond acceptors (Lipinski definition) is 2. The molecule has 0 spiro atoms. The van der Waals surface area contributed by atoms with Crippen LogP contribution in [0.3, 0.4) is 0 Å². The first kappa shape index (κ1) is 12.3. The fourth-order valence-electron chi connectivity index (χ4n) is 1.90. The van der Waals surface area contributed by atoms with Gasteiger partial charge < -0.3 is 4.42 Å². The number of hydrogen-bond donors (Lipinski definition) is 0. The highest BCUT2D eigenvalue weighted by molar-refractivity contribution is 6.37. The maximum atomic E-state index is 12.3. The lowest BCUT2D eigenvalue weighted by molar-refractivity contribution is 0.101. The van der Waals surface area contributed by atoms with E-state index in [1.807, 2.05) is 24.3 Å². The summed E-state index contributed by atoms with van der Waals surface area (Å²) in [5.41, 5.74) is 1.06. The summed E-state index contributed by atoms with van der Waals surface area (Å²) in [6.45, 7) is 0. The van der Waals surface area contributed by atoms with E-state index < -0.39 is 0 Å². The van der Waals surface area contributed by atoms with E-state index in [1.165, 1.54) is 0 Å². The SMILES string of the molecule is O=C(c1cc2ccccc2o1)c1ccc(Cl)cc1Cl. The summed E-state index contributed by atoms with van der Waals surface area (Å²) in [5, 5.41) is 1.69. The molecule has 0 atom stereocenters. The molecule has 0 N–H and O–H groups in total. The van der Waals surface area contributed by atoms with Crippen LogP contribution in [0.15, 0.2) is 52.9 Å². The zero-order valence-corrected chi connectivity index (χ0v) is 11.2. The summed E-state index contributed by atoms with van der Waals surface area (Å²) in [6.07, 6.45) is 0. The van der Waals surface area contributed by atoms with E-state index in [9.17, 15) is 4.79 Å². The molecule has 4 heteroatoms. The molecule has 0 aliphatic carbocycles. The maximum Gasteiger partial charge on any atom is 0.229 e. The first-order valence-electron chi connectivity index (χ1n) is 5.63. The van der Waals surface area contributed by atoms with Crippen molar-refractivity contribution in [3.63, 3.8) is 0 Å². The molecule has 94 valence electrons. The maximum absolute atomic E-state index is 12.3. The van der Waals surface area contributed by atoms with E-state index >= 15 is 0 Å². The van der Waals surface area contributed by atoms with Crippen molar-refractivity contribution < 1.29 is 9.21 Å². The lowest BCUT2D eigenvalue weighted by atomic mass is 10.1. The summed E-state index contributed by atoms with van der Waals surface area (Å²) >= 11 is 11.8. The van der Waals surface area contributed by atoms with Gasteiger partial charge >= 0.3 is 0 Å². The molecule has 0 fully saturated rings. The van der Waals surface area contributed by atoms with Crippen molar-refractivity contribution >= 4 is 40.0 Å². The van der Waals surface area contributed by atoms with Crippen LogP contribution in [0.1, 0.15) is 16.1 Å². The van der Waals surface area contributed by atoms with Gasteiger partial charge in [0.2, 0.25) is 5.78 Å². The number of para-hydroxylation sites is 1. The molecule has 2 aromatic carbocycles. The van der Waals surface area contributed by atoms with Gasteiger partial charge in [0.05, 0.1) is 5.02 Å². The molecule has 0 radical (unpaired) electrons. The number of ketones is 1. The third-order valence-corrected chi connectivity index (χ3v) is 3.37. The van der Waals surface area contributed by atoms with Gasteiger partial charge in [-0.15, -0.1) is 0 Å². The van der Waals surface area contributed by atoms with Crippen LogP contribution >= 0.6 is 23.2 Å². The number of halogens is 2. The van der Waals surface area contributed by atoms with Crippen LogP contribution < -0.4 is 0 Å². The van der Waals surface area contributed by atoms with Crippen LogP contribution in [-0.2, 0) is 0 Å². The van der Waals surface area contributed by atoms with E-state index in [0.29, 0.717) is 21.2 Å². The topological polar surface area (TPSA) is 30.2 Å². The lowest BCUT2D eigenvalue weighted by Crippen LogP contribution is -2.00. The normalized spacial score (nSPS) is 10.8. The predicted molar refractivity (Wildman–Crippen MR) is 76.1 cm³/mol. The van der Waals surface area contributed by atoms with E-state index in [-0.39, 0.29) is 11.5 Å². The Labute approximate surface area is 119 Å². The monoisotopic (exact) mass is 290 g/mol. The van der Waals surface area contributed by atoms with Gasteiger partial charge in [0.25, 0.3) is 0 Å². The highest BCUT2D eigenvalue weighted by Gasteiger charge is 2.17. The lowest BCUT2D eigenvalue weighted by Gasteiger charge is -2.01. The van der Waals surface area contributed by atoms with E-state index in [1.54, 1.807) is 24.3 Å². The minimum absolute atomic E-state index is 0.252. The second kappa shape index (κ2) is 4.72. The molecule has 0 aliphatic heterocycles. The van der Waals surface area contributed by atoms with Crippen LogP contribution in [0.2, 0.25) is 10.0 Å². The molecule has 0 unspecified atom stereocenters. The van der Waals surface area contributed by atoms with Gasteiger partial charge in [-0.3, -0.25) is 4.79 Å². The van der Waals surface area contributed by atoms with Crippen molar-refractivity contribution in [1.82, 2.24) is 0 Å². The van der Waals surface area contributed by atoms with Gasteiger partial charge in [-0.25, -0.2) is 0 Å². The molecule has 3 rings (SSSR count). The molecule has 19 heavy (non-hydrogen) atoms. The smallest absolute Gasteiger partial charge is 0.229 e. The molecule has 1 aromatic heterocycles. The largest absolute Gasteiger partial charge is 0.453 e. The van der Waals surface area contributed by atoms with Crippen LogP contribution in [0.4, 0.5) is 0 Å². The molecule has 1 heterocycles. The number of benzene rings is 2. The van der Waals surface area contributed by atoms with Gasteiger partial charge in [0, 0.05) is 16.0 Å². The predicted octanol–water partition coefficient (Wildman–Crippen LogP) is 4.97. The summed E-state index contributed by atoms with van der Waals surface area (Å²) in [6, 6.07) is 13.9. The Kier molecular flexibility index (Phi) is 3.05. The molecule has 0 saturated heterocycles. The number of fused-ring (bicyclic) bond motifs is 1. The molecule has 2 nitrogen and oxygen atoms in total. The Bertz CT molecular complexity index is 742. The van der Waals surface area contributed by atoms with Crippen LogP contribution in [0.5, 0.6) is 0 Å². The quantitative estimate of drug-likeness (QED) is 0.624. The molecule has 0 aliphatic rings. The summed E-state index contributed by atoms with van der Waals surface area (Å²) in [7, 11) is 0. The van der Waals surface area contributed by atoms with E-state index in [4.69, 9.17) is 27.6 Å². The van der Waals surface area contributed by atoms with Crippen LogP contribution in [0, 0.1) is 0 Å². The van der Waals surface area contributed by atoms with Crippen molar-refractivity contribution in [2.24, 2.45) is 0 Å². The van der Waals surface area contributed by atoms with Crippen LogP contribution in [-0.4, -0.2) is 5.78 Å². The molecule has 0 saturated carbocycles. The van der Waals surface area contributed by atoms with Gasteiger partial charge in [-0.2, -0.15) is 0 Å². The summed E-state index contributed by atoms with van der Waals surface area (Å²) < 4.78 is 5.53. The van der Waals surface area contributed by atoms with Crippen molar-refractivity contribution in [3.05, 3.63) is 69.9 Å². The Hall–Kier alpha value is -1.77. The average molecular weight is 291 g/mol. The molecular formula is C15H8Cl2O2. The third kappa shape index (κ3) is 2.25. The van der Waals surface area contributed by atoms with Crippen LogP contribution in [0.25, 0.3) is 11.0 Å². The zero-order chi connectivity index (χ0) is 13.4. The minimum atomic E-state index is -0.252. The fourth-order valence-corrected chi connectivity index (χ4v) is 2.39. The Morgan fingerprint density at radius 2 is 1.79 bits per heavy atom. The van der Waals surface area contributed by atoms with Crippen molar-refractivity contribution in [1.29, 1.82) is 0 Å². The van der Waals surface area contributed by atoms with Gasteiger partial charge in [-0.05, 0) is 30.3 Å². The molecule has 3 aromatic rings. The number of furan rings is 1. The Balaban J connectivity index is 2.08. The number of carbonyl (C=O) groups excluding carboxylic acids is 1. The first-order valence-corrected chi connectivity index (χ1v) is 6.39. The minimum Gasteiger partial charge on any atom is -0.453 e. The third-order valence-electron chi connectivity index (χ3n) is 2.83. The summed E-state index contributed by atoms with van der Waals surface area (Å²) in [4.78, 5) is 12.3. The van der Waals surface area contributed by atoms with E-state index in [2.05, 4.69) is 0 Å². The van der Waals surface area contributed by atoms with Crippen molar-refractivity contribution in [2.75, 3.05) is 0 Å². The highest BCUT2D eigenvalue weighted by Crippen LogP contribution is 2.26. The second-order valence-electron chi connectivity index (χ2n) is 4.10. The molecule has 0 amide bonds. The standard InChI is InChI=1S/C15H8Cl2O2/c16-10-5-6-11(12(17)8-10)15(18)14-7-9-3-1-2-4-13(9)19-14/h1-8H. The molecule has 0 bridgehead atoms. The zero-order valence-electron chi connectivity index (χ0n) is 9.69. The Morgan fingerprint density at radius 1 is 1.00 bits per heavy atom.